The Labute approximate surface area is 90.0 Å². The van der Waals surface area contributed by atoms with E-state index in [0.717, 1.165) is 37.7 Å². The van der Waals surface area contributed by atoms with Gasteiger partial charge in [-0.1, -0.05) is 0 Å². The van der Waals surface area contributed by atoms with Gasteiger partial charge < -0.3 is 15.4 Å². The molecule has 0 bridgehead atoms. The van der Waals surface area contributed by atoms with Crippen LogP contribution in [0.4, 0.5) is 5.69 Å². The van der Waals surface area contributed by atoms with Gasteiger partial charge in [0.2, 0.25) is 0 Å². The zero-order valence-corrected chi connectivity index (χ0v) is 9.02. The van der Waals surface area contributed by atoms with Crippen LogP contribution in [0, 0.1) is 0 Å². The molecule has 15 heavy (non-hydrogen) atoms. The number of pyridine rings is 1. The van der Waals surface area contributed by atoms with Crippen LogP contribution in [0.3, 0.4) is 0 Å². The largest absolute Gasteiger partial charge is 0.378 e. The molecule has 1 aliphatic heterocycles. The third-order valence-electron chi connectivity index (χ3n) is 2.61. The highest BCUT2D eigenvalue weighted by molar-refractivity contribution is 5.45. The van der Waals surface area contributed by atoms with Gasteiger partial charge >= 0.3 is 0 Å². The van der Waals surface area contributed by atoms with Crippen LogP contribution in [0.2, 0.25) is 0 Å². The van der Waals surface area contributed by atoms with Crippen LogP contribution < -0.4 is 10.6 Å². The minimum Gasteiger partial charge on any atom is -0.378 e. The minimum absolute atomic E-state index is 0.00346. The van der Waals surface area contributed by atoms with Crippen molar-refractivity contribution in [2.24, 2.45) is 5.73 Å². The summed E-state index contributed by atoms with van der Waals surface area (Å²) >= 11 is 0. The Morgan fingerprint density at radius 3 is 2.67 bits per heavy atom. The quantitative estimate of drug-likeness (QED) is 0.784. The molecule has 1 aromatic rings. The van der Waals surface area contributed by atoms with Crippen LogP contribution in [0.1, 0.15) is 18.7 Å². The first-order valence-corrected chi connectivity index (χ1v) is 5.31. The molecule has 0 saturated carbocycles. The maximum absolute atomic E-state index is 5.75. The summed E-state index contributed by atoms with van der Waals surface area (Å²) in [5, 5.41) is 0. The second-order valence-corrected chi connectivity index (χ2v) is 3.83. The normalized spacial score (nSPS) is 18.9. The third kappa shape index (κ3) is 2.46. The zero-order valence-electron chi connectivity index (χ0n) is 9.02. The van der Waals surface area contributed by atoms with E-state index in [4.69, 9.17) is 10.5 Å². The van der Waals surface area contributed by atoms with Crippen molar-refractivity contribution < 1.29 is 4.74 Å². The molecule has 1 aliphatic rings. The molecule has 2 N–H and O–H groups in total. The van der Waals surface area contributed by atoms with Crippen LogP contribution in [-0.2, 0) is 4.74 Å². The Morgan fingerprint density at radius 1 is 1.40 bits per heavy atom. The molecule has 82 valence electrons. The number of nitrogens with zero attached hydrogens (tertiary/aromatic N) is 2. The van der Waals surface area contributed by atoms with Gasteiger partial charge in [-0.3, -0.25) is 4.98 Å². The summed E-state index contributed by atoms with van der Waals surface area (Å²) in [6.07, 6.45) is 1.89. The minimum atomic E-state index is 0.00346. The van der Waals surface area contributed by atoms with Crippen molar-refractivity contribution in [1.82, 2.24) is 4.98 Å². The molecule has 0 radical (unpaired) electrons. The number of nitrogens with two attached hydrogens (primary N) is 1. The van der Waals surface area contributed by atoms with E-state index >= 15 is 0 Å². The van der Waals surface area contributed by atoms with E-state index in [1.54, 1.807) is 0 Å². The molecule has 1 saturated heterocycles. The summed E-state index contributed by atoms with van der Waals surface area (Å²) in [5.74, 6) is 0. The van der Waals surface area contributed by atoms with Crippen molar-refractivity contribution >= 4 is 5.69 Å². The maximum atomic E-state index is 5.75. The van der Waals surface area contributed by atoms with E-state index in [9.17, 15) is 0 Å². The summed E-state index contributed by atoms with van der Waals surface area (Å²) in [6.45, 7) is 5.43. The average molecular weight is 207 g/mol. The lowest BCUT2D eigenvalue weighted by Gasteiger charge is -2.28. The Hall–Kier alpha value is -1.13. The van der Waals surface area contributed by atoms with Crippen LogP contribution >= 0.6 is 0 Å². The summed E-state index contributed by atoms with van der Waals surface area (Å²) in [5.41, 5.74) is 7.84. The van der Waals surface area contributed by atoms with Crippen molar-refractivity contribution in [3.63, 3.8) is 0 Å². The molecule has 4 heteroatoms. The number of aromatic nitrogens is 1. The molecule has 1 fully saturated rings. The van der Waals surface area contributed by atoms with Crippen LogP contribution in [0.15, 0.2) is 18.3 Å². The summed E-state index contributed by atoms with van der Waals surface area (Å²) < 4.78 is 5.30. The zero-order chi connectivity index (χ0) is 10.7. The molecular weight excluding hydrogens is 190 g/mol. The third-order valence-corrected chi connectivity index (χ3v) is 2.61. The monoisotopic (exact) mass is 207 g/mol. The van der Waals surface area contributed by atoms with Crippen molar-refractivity contribution in [3.8, 4) is 0 Å². The molecule has 1 atom stereocenters. The Kier molecular flexibility index (Phi) is 3.18. The van der Waals surface area contributed by atoms with E-state index < -0.39 is 0 Å². The number of anilines is 1. The predicted molar refractivity (Wildman–Crippen MR) is 59.9 cm³/mol. The molecule has 4 nitrogen and oxygen atoms in total. The lowest BCUT2D eigenvalue weighted by Crippen LogP contribution is -2.36. The van der Waals surface area contributed by atoms with Crippen molar-refractivity contribution in [2.45, 2.75) is 13.0 Å². The Morgan fingerprint density at radius 2 is 2.13 bits per heavy atom. The van der Waals surface area contributed by atoms with Crippen LogP contribution in [0.25, 0.3) is 0 Å². The average Bonchev–Trinajstić information content (AvgIpc) is 2.30. The van der Waals surface area contributed by atoms with Gasteiger partial charge in [-0.15, -0.1) is 0 Å². The highest BCUT2D eigenvalue weighted by atomic mass is 16.5. The van der Waals surface area contributed by atoms with E-state index in [0.29, 0.717) is 0 Å². The standard InChI is InChI=1S/C11H17N3O/c1-9(12)11-3-2-10(8-13-11)14-4-6-15-7-5-14/h2-3,8-9H,4-7,12H2,1H3/t9-/m0/s1. The first-order chi connectivity index (χ1) is 7.27. The van der Waals surface area contributed by atoms with Crippen molar-refractivity contribution in [3.05, 3.63) is 24.0 Å². The van der Waals surface area contributed by atoms with Gasteiger partial charge in [0.1, 0.15) is 0 Å². The SMILES string of the molecule is C[C@H](N)c1ccc(N2CCOCC2)cn1. The van der Waals surface area contributed by atoms with E-state index in [-0.39, 0.29) is 6.04 Å². The molecular formula is C11H17N3O. The van der Waals surface area contributed by atoms with Crippen LogP contribution in [-0.4, -0.2) is 31.3 Å². The van der Waals surface area contributed by atoms with Gasteiger partial charge in [-0.25, -0.2) is 0 Å². The lowest BCUT2D eigenvalue weighted by molar-refractivity contribution is 0.122. The maximum Gasteiger partial charge on any atom is 0.0642 e. The van der Waals surface area contributed by atoms with Gasteiger partial charge in [0.25, 0.3) is 0 Å². The molecule has 0 aliphatic carbocycles. The first-order valence-electron chi connectivity index (χ1n) is 5.31. The summed E-state index contributed by atoms with van der Waals surface area (Å²) in [7, 11) is 0. The van der Waals surface area contributed by atoms with Gasteiger partial charge in [-0.2, -0.15) is 0 Å². The molecule has 0 amide bonds. The fourth-order valence-electron chi connectivity index (χ4n) is 1.68. The van der Waals surface area contributed by atoms with Gasteiger partial charge in [0.05, 0.1) is 30.8 Å². The first kappa shape index (κ1) is 10.4. The van der Waals surface area contributed by atoms with E-state index in [2.05, 4.69) is 16.0 Å². The van der Waals surface area contributed by atoms with E-state index in [1.807, 2.05) is 19.2 Å². The van der Waals surface area contributed by atoms with Gasteiger partial charge in [0.15, 0.2) is 0 Å². The number of morpholine rings is 1. The lowest BCUT2D eigenvalue weighted by atomic mass is 10.2. The Bertz CT molecular complexity index is 304. The van der Waals surface area contributed by atoms with Crippen molar-refractivity contribution in [2.75, 3.05) is 31.2 Å². The Balaban J connectivity index is 2.08. The number of hydrogen-bond donors (Lipinski definition) is 1. The smallest absolute Gasteiger partial charge is 0.0642 e. The molecule has 0 aromatic carbocycles. The van der Waals surface area contributed by atoms with Gasteiger partial charge in [0, 0.05) is 19.1 Å². The summed E-state index contributed by atoms with van der Waals surface area (Å²) in [4.78, 5) is 6.63. The number of hydrogen-bond acceptors (Lipinski definition) is 4. The highest BCUT2D eigenvalue weighted by Crippen LogP contribution is 2.16. The summed E-state index contributed by atoms with van der Waals surface area (Å²) in [6, 6.07) is 4.08. The highest BCUT2D eigenvalue weighted by Gasteiger charge is 2.11. The fraction of sp³-hybridized carbons (Fsp3) is 0.545. The molecule has 0 spiro atoms. The fourth-order valence-corrected chi connectivity index (χ4v) is 1.68. The second-order valence-electron chi connectivity index (χ2n) is 3.83. The molecule has 0 unspecified atom stereocenters. The van der Waals surface area contributed by atoms with E-state index in [1.165, 1.54) is 0 Å². The van der Waals surface area contributed by atoms with Gasteiger partial charge in [-0.05, 0) is 19.1 Å². The second kappa shape index (κ2) is 4.59. The number of ether oxygens (including phenoxy) is 1. The molecule has 2 rings (SSSR count). The molecule has 1 aromatic heterocycles. The van der Waals surface area contributed by atoms with Crippen LogP contribution in [0.5, 0.6) is 0 Å². The number of rotatable bonds is 2. The molecule has 2 heterocycles. The van der Waals surface area contributed by atoms with Crippen molar-refractivity contribution in [1.29, 1.82) is 0 Å². The topological polar surface area (TPSA) is 51.4 Å². The predicted octanol–water partition coefficient (Wildman–Crippen LogP) is 0.938.